The summed E-state index contributed by atoms with van der Waals surface area (Å²) in [6.45, 7) is 2.49. The molecule has 0 saturated carbocycles. The molecule has 1 amide bonds. The number of fused-ring (bicyclic) bond motifs is 1. The molecule has 7 nitrogen and oxygen atoms in total. The van der Waals surface area contributed by atoms with Crippen molar-refractivity contribution in [1.29, 1.82) is 0 Å². The van der Waals surface area contributed by atoms with E-state index in [0.29, 0.717) is 29.3 Å². The fourth-order valence-corrected chi connectivity index (χ4v) is 3.00. The van der Waals surface area contributed by atoms with Gasteiger partial charge in [-0.3, -0.25) is 9.59 Å². The molecule has 0 saturated heterocycles. The third-order valence-corrected chi connectivity index (χ3v) is 4.27. The van der Waals surface area contributed by atoms with Gasteiger partial charge in [0.2, 0.25) is 6.79 Å². The van der Waals surface area contributed by atoms with E-state index < -0.39 is 0 Å². The van der Waals surface area contributed by atoms with Crippen LogP contribution in [0.5, 0.6) is 17.2 Å². The lowest BCUT2D eigenvalue weighted by Crippen LogP contribution is -3.08. The van der Waals surface area contributed by atoms with E-state index in [1.807, 2.05) is 31.3 Å². The lowest BCUT2D eigenvalue weighted by atomic mass is 10.1. The first kappa shape index (κ1) is 18.7. The zero-order valence-corrected chi connectivity index (χ0v) is 15.6. The molecular weight excluding hydrogens is 348 g/mol. The maximum absolute atomic E-state index is 12.5. The number of anilines is 1. The van der Waals surface area contributed by atoms with Gasteiger partial charge in [0.15, 0.2) is 23.8 Å². The molecule has 2 N–H and O–H groups in total. The highest BCUT2D eigenvalue weighted by atomic mass is 16.7. The van der Waals surface area contributed by atoms with E-state index in [1.165, 1.54) is 6.92 Å². The minimum Gasteiger partial charge on any atom is -0.497 e. The molecule has 1 unspecified atom stereocenters. The van der Waals surface area contributed by atoms with Crippen molar-refractivity contribution in [2.24, 2.45) is 0 Å². The van der Waals surface area contributed by atoms with Crippen molar-refractivity contribution in [2.45, 2.75) is 13.5 Å². The summed E-state index contributed by atoms with van der Waals surface area (Å²) in [6, 6.07) is 11.0. The molecular formula is C20H23N2O5+. The Kier molecular flexibility index (Phi) is 5.61. The fourth-order valence-electron chi connectivity index (χ4n) is 3.00. The first-order chi connectivity index (χ1) is 13.0. The summed E-state index contributed by atoms with van der Waals surface area (Å²) >= 11 is 0. The predicted molar refractivity (Wildman–Crippen MR) is 99.7 cm³/mol. The van der Waals surface area contributed by atoms with Crippen molar-refractivity contribution in [3.63, 3.8) is 0 Å². The Balaban J connectivity index is 1.66. The number of ether oxygens (including phenoxy) is 3. The highest BCUT2D eigenvalue weighted by Crippen LogP contribution is 2.37. The fraction of sp³-hybridized carbons (Fsp3) is 0.300. The van der Waals surface area contributed by atoms with Crippen molar-refractivity contribution in [1.82, 2.24) is 0 Å². The Morgan fingerprint density at radius 2 is 1.93 bits per heavy atom. The van der Waals surface area contributed by atoms with Crippen molar-refractivity contribution in [3.8, 4) is 17.2 Å². The molecule has 7 heteroatoms. The van der Waals surface area contributed by atoms with Gasteiger partial charge in [-0.15, -0.1) is 0 Å². The second-order valence-corrected chi connectivity index (χ2v) is 6.52. The number of quaternary nitrogens is 1. The summed E-state index contributed by atoms with van der Waals surface area (Å²) in [6.07, 6.45) is 0. The molecule has 0 fully saturated rings. The van der Waals surface area contributed by atoms with E-state index in [0.717, 1.165) is 16.2 Å². The zero-order valence-electron chi connectivity index (χ0n) is 15.6. The van der Waals surface area contributed by atoms with Crippen LogP contribution in [0.3, 0.4) is 0 Å². The van der Waals surface area contributed by atoms with Crippen LogP contribution in [0, 0.1) is 0 Å². The van der Waals surface area contributed by atoms with Crippen LogP contribution in [0.1, 0.15) is 22.8 Å². The lowest BCUT2D eigenvalue weighted by Gasteiger charge is -2.15. The van der Waals surface area contributed by atoms with Crippen LogP contribution in [0.15, 0.2) is 36.4 Å². The number of methoxy groups -OCH3 is 1. The molecule has 27 heavy (non-hydrogen) atoms. The summed E-state index contributed by atoms with van der Waals surface area (Å²) in [7, 11) is 3.56. The molecule has 2 aromatic rings. The standard InChI is InChI=1S/C20H22N2O5/c1-13(23)16-8-18-19(27-12-26-18)9-17(16)21-20(24)11-22(2)10-14-5-4-6-15(7-14)25-3/h4-9H,10-12H2,1-3H3,(H,21,24)/p+1. The Labute approximate surface area is 157 Å². The topological polar surface area (TPSA) is 78.3 Å². The lowest BCUT2D eigenvalue weighted by molar-refractivity contribution is -0.885. The second kappa shape index (κ2) is 8.09. The normalized spacial score (nSPS) is 13.1. The zero-order chi connectivity index (χ0) is 19.4. The molecule has 1 aliphatic heterocycles. The molecule has 0 radical (unpaired) electrons. The highest BCUT2D eigenvalue weighted by Gasteiger charge is 2.21. The highest BCUT2D eigenvalue weighted by molar-refractivity contribution is 6.04. The van der Waals surface area contributed by atoms with Crippen LogP contribution in [0.25, 0.3) is 0 Å². The number of carbonyl (C=O) groups excluding carboxylic acids is 2. The first-order valence-corrected chi connectivity index (χ1v) is 8.65. The van der Waals surface area contributed by atoms with Crippen molar-refractivity contribution < 1.29 is 28.7 Å². The van der Waals surface area contributed by atoms with E-state index in [4.69, 9.17) is 14.2 Å². The Morgan fingerprint density at radius 1 is 1.19 bits per heavy atom. The number of benzene rings is 2. The van der Waals surface area contributed by atoms with Crippen LogP contribution in [0.4, 0.5) is 5.69 Å². The van der Waals surface area contributed by atoms with Gasteiger partial charge in [0, 0.05) is 17.2 Å². The van der Waals surface area contributed by atoms with Crippen LogP contribution >= 0.6 is 0 Å². The van der Waals surface area contributed by atoms with Crippen LogP contribution < -0.4 is 24.4 Å². The van der Waals surface area contributed by atoms with Gasteiger partial charge in [0.05, 0.1) is 19.8 Å². The average Bonchev–Trinajstić information content (AvgIpc) is 3.08. The van der Waals surface area contributed by atoms with Crippen LogP contribution in [-0.4, -0.2) is 39.2 Å². The predicted octanol–water partition coefficient (Wildman–Crippen LogP) is 1.28. The molecule has 1 heterocycles. The molecule has 0 aromatic heterocycles. The van der Waals surface area contributed by atoms with E-state index in [9.17, 15) is 9.59 Å². The van der Waals surface area contributed by atoms with Gasteiger partial charge >= 0.3 is 0 Å². The Hall–Kier alpha value is -3.06. The molecule has 0 bridgehead atoms. The van der Waals surface area contributed by atoms with E-state index in [1.54, 1.807) is 19.2 Å². The van der Waals surface area contributed by atoms with Gasteiger partial charge in [0.1, 0.15) is 12.3 Å². The summed E-state index contributed by atoms with van der Waals surface area (Å²) in [5.41, 5.74) is 1.91. The molecule has 142 valence electrons. The smallest absolute Gasteiger partial charge is 0.279 e. The van der Waals surface area contributed by atoms with Crippen molar-refractivity contribution in [2.75, 3.05) is 32.8 Å². The van der Waals surface area contributed by atoms with Crippen LogP contribution in [0.2, 0.25) is 0 Å². The number of rotatable bonds is 7. The van der Waals surface area contributed by atoms with Crippen molar-refractivity contribution >= 4 is 17.4 Å². The van der Waals surface area contributed by atoms with Gasteiger partial charge in [-0.1, -0.05) is 12.1 Å². The number of Topliss-reactive ketones (excluding diaryl/α,β-unsaturated/α-hetero) is 1. The molecule has 1 atom stereocenters. The number of amides is 1. The van der Waals surface area contributed by atoms with E-state index in [2.05, 4.69) is 5.32 Å². The summed E-state index contributed by atoms with van der Waals surface area (Å²) in [4.78, 5) is 25.4. The van der Waals surface area contributed by atoms with Gasteiger partial charge in [-0.25, -0.2) is 0 Å². The summed E-state index contributed by atoms with van der Waals surface area (Å²) < 4.78 is 15.9. The number of likely N-dealkylation sites (N-methyl/N-ethyl adjacent to an activating group) is 1. The second-order valence-electron chi connectivity index (χ2n) is 6.52. The summed E-state index contributed by atoms with van der Waals surface area (Å²) in [5, 5.41) is 2.82. The van der Waals surface area contributed by atoms with Gasteiger partial charge in [-0.2, -0.15) is 0 Å². The summed E-state index contributed by atoms with van der Waals surface area (Å²) in [5.74, 6) is 1.49. The quantitative estimate of drug-likeness (QED) is 0.717. The van der Waals surface area contributed by atoms with Gasteiger partial charge in [-0.05, 0) is 25.1 Å². The molecule has 1 aliphatic rings. The largest absolute Gasteiger partial charge is 0.497 e. The van der Waals surface area contributed by atoms with E-state index >= 15 is 0 Å². The van der Waals surface area contributed by atoms with Gasteiger partial charge < -0.3 is 24.4 Å². The number of nitrogens with one attached hydrogen (secondary N) is 2. The third kappa shape index (κ3) is 4.57. The molecule has 3 rings (SSSR count). The van der Waals surface area contributed by atoms with Crippen LogP contribution in [-0.2, 0) is 11.3 Å². The maximum atomic E-state index is 12.5. The minimum atomic E-state index is -0.184. The van der Waals surface area contributed by atoms with Crippen molar-refractivity contribution in [3.05, 3.63) is 47.5 Å². The minimum absolute atomic E-state index is 0.109. The molecule has 0 aliphatic carbocycles. The third-order valence-electron chi connectivity index (χ3n) is 4.27. The number of carbonyl (C=O) groups is 2. The Morgan fingerprint density at radius 3 is 2.63 bits per heavy atom. The molecule has 2 aromatic carbocycles. The number of hydrogen-bond donors (Lipinski definition) is 2. The maximum Gasteiger partial charge on any atom is 0.279 e. The monoisotopic (exact) mass is 371 g/mol. The Bertz CT molecular complexity index is 865. The SMILES string of the molecule is COc1cccc(C[NH+](C)CC(=O)Nc2cc3c(cc2C(C)=O)OCO3)c1. The average molecular weight is 371 g/mol. The van der Waals surface area contributed by atoms with E-state index in [-0.39, 0.29) is 25.0 Å². The molecule has 0 spiro atoms. The number of ketones is 1. The number of hydrogen-bond acceptors (Lipinski definition) is 5. The van der Waals surface area contributed by atoms with Gasteiger partial charge in [0.25, 0.3) is 5.91 Å². The first-order valence-electron chi connectivity index (χ1n) is 8.65.